The number of hydrogen-bond donors (Lipinski definition) is 1. The Labute approximate surface area is 124 Å². The molecule has 2 aromatic carbocycles. The Bertz CT molecular complexity index is 611. The van der Waals surface area contributed by atoms with Gasteiger partial charge in [0.05, 0.1) is 0 Å². The summed E-state index contributed by atoms with van der Waals surface area (Å²) in [5.74, 6) is -0.817. The zero-order valence-electron chi connectivity index (χ0n) is 12.7. The first-order valence-electron chi connectivity index (χ1n) is 7.02. The van der Waals surface area contributed by atoms with E-state index in [0.717, 1.165) is 0 Å². The maximum absolute atomic E-state index is 13.3. The van der Waals surface area contributed by atoms with Gasteiger partial charge in [-0.3, -0.25) is 0 Å². The van der Waals surface area contributed by atoms with E-state index in [1.807, 2.05) is 13.8 Å². The molecule has 0 aliphatic rings. The van der Waals surface area contributed by atoms with Gasteiger partial charge in [0, 0.05) is 0 Å². The lowest BCUT2D eigenvalue weighted by Gasteiger charge is -2.36. The predicted molar refractivity (Wildman–Crippen MR) is 80.1 cm³/mol. The van der Waals surface area contributed by atoms with Crippen LogP contribution in [-0.2, 0) is 5.60 Å². The minimum Gasteiger partial charge on any atom is -0.380 e. The molecule has 0 aliphatic heterocycles. The first kappa shape index (κ1) is 15.6. The van der Waals surface area contributed by atoms with Gasteiger partial charge in [0.15, 0.2) is 0 Å². The van der Waals surface area contributed by atoms with Gasteiger partial charge >= 0.3 is 0 Å². The zero-order valence-corrected chi connectivity index (χ0v) is 12.7. The summed E-state index contributed by atoms with van der Waals surface area (Å²) >= 11 is 0. The topological polar surface area (TPSA) is 20.2 Å². The molecule has 3 heteroatoms. The number of benzene rings is 2. The third-order valence-corrected chi connectivity index (χ3v) is 4.03. The smallest absolute Gasteiger partial charge is 0.123 e. The van der Waals surface area contributed by atoms with Crippen LogP contribution in [0.25, 0.3) is 0 Å². The summed E-state index contributed by atoms with van der Waals surface area (Å²) in [6.45, 7) is 7.33. The van der Waals surface area contributed by atoms with Crippen LogP contribution in [0.1, 0.15) is 36.1 Å². The van der Waals surface area contributed by atoms with E-state index in [0.29, 0.717) is 22.3 Å². The number of rotatable bonds is 3. The number of hydrogen-bond acceptors (Lipinski definition) is 1. The van der Waals surface area contributed by atoms with Crippen molar-refractivity contribution in [2.75, 3.05) is 0 Å². The molecule has 1 nitrogen and oxygen atoms in total. The van der Waals surface area contributed by atoms with Gasteiger partial charge in [-0.25, -0.2) is 8.78 Å². The van der Waals surface area contributed by atoms with Crippen LogP contribution < -0.4 is 0 Å². The summed E-state index contributed by atoms with van der Waals surface area (Å²) in [7, 11) is 0. The fraction of sp³-hybridized carbons (Fsp3) is 0.333. The normalized spacial score (nSPS) is 12.0. The predicted octanol–water partition coefficient (Wildman–Crippen LogP) is 4.47. The van der Waals surface area contributed by atoms with Gasteiger partial charge in [-0.2, -0.15) is 0 Å². The van der Waals surface area contributed by atoms with E-state index in [9.17, 15) is 13.9 Å². The third kappa shape index (κ3) is 2.70. The van der Waals surface area contributed by atoms with Crippen LogP contribution in [0.3, 0.4) is 0 Å². The van der Waals surface area contributed by atoms with E-state index >= 15 is 0 Å². The van der Waals surface area contributed by atoms with Crippen molar-refractivity contribution < 1.29 is 13.9 Å². The fourth-order valence-corrected chi connectivity index (χ4v) is 2.88. The van der Waals surface area contributed by atoms with Gasteiger partial charge in [-0.05, 0) is 66.3 Å². The van der Waals surface area contributed by atoms with E-state index < -0.39 is 5.60 Å². The van der Waals surface area contributed by atoms with Crippen molar-refractivity contribution in [2.24, 2.45) is 5.92 Å². The highest BCUT2D eigenvalue weighted by atomic mass is 19.1. The minimum atomic E-state index is -1.28. The molecule has 0 aliphatic carbocycles. The molecule has 0 bridgehead atoms. The van der Waals surface area contributed by atoms with Gasteiger partial charge in [0.2, 0.25) is 0 Å². The average Bonchev–Trinajstić information content (AvgIpc) is 2.37. The summed E-state index contributed by atoms with van der Waals surface area (Å²) < 4.78 is 26.7. The molecule has 2 aromatic rings. The molecule has 0 radical (unpaired) electrons. The molecule has 0 amide bonds. The lowest BCUT2D eigenvalue weighted by Crippen LogP contribution is -2.35. The monoisotopic (exact) mass is 290 g/mol. The van der Waals surface area contributed by atoms with Crippen molar-refractivity contribution in [1.29, 1.82) is 0 Å². The van der Waals surface area contributed by atoms with E-state index in [4.69, 9.17) is 0 Å². The summed E-state index contributed by atoms with van der Waals surface area (Å²) in [6, 6.07) is 8.70. The largest absolute Gasteiger partial charge is 0.380 e. The Morgan fingerprint density at radius 1 is 0.857 bits per heavy atom. The van der Waals surface area contributed by atoms with Crippen LogP contribution in [0.4, 0.5) is 8.78 Å². The molecule has 21 heavy (non-hydrogen) atoms. The standard InChI is InChI=1S/C18H20F2O/c1-11(2)18(21,16-7-5-14(19)9-12(16)3)17-8-6-15(20)10-13(17)4/h5-11,21H,1-4H3. The van der Waals surface area contributed by atoms with E-state index in [1.54, 1.807) is 26.0 Å². The summed E-state index contributed by atoms with van der Waals surface area (Å²) in [4.78, 5) is 0. The van der Waals surface area contributed by atoms with Gasteiger partial charge in [0.1, 0.15) is 17.2 Å². The highest BCUT2D eigenvalue weighted by Crippen LogP contribution is 2.40. The number of aryl methyl sites for hydroxylation is 2. The quantitative estimate of drug-likeness (QED) is 0.884. The Morgan fingerprint density at radius 3 is 1.52 bits per heavy atom. The SMILES string of the molecule is Cc1cc(F)ccc1C(O)(c1ccc(F)cc1C)C(C)C. The molecule has 0 spiro atoms. The second kappa shape index (κ2) is 5.57. The molecule has 0 unspecified atom stereocenters. The first-order valence-corrected chi connectivity index (χ1v) is 7.02. The molecule has 112 valence electrons. The molecule has 0 aromatic heterocycles. The first-order chi connectivity index (χ1) is 9.76. The van der Waals surface area contributed by atoms with Crippen molar-refractivity contribution in [3.63, 3.8) is 0 Å². The van der Waals surface area contributed by atoms with Gasteiger partial charge in [-0.15, -0.1) is 0 Å². The average molecular weight is 290 g/mol. The second-order valence-corrected chi connectivity index (χ2v) is 5.84. The molecule has 0 saturated heterocycles. The van der Waals surface area contributed by atoms with Crippen LogP contribution in [0.15, 0.2) is 36.4 Å². The van der Waals surface area contributed by atoms with Crippen LogP contribution in [0.5, 0.6) is 0 Å². The minimum absolute atomic E-state index is 0.147. The van der Waals surface area contributed by atoms with Crippen LogP contribution in [-0.4, -0.2) is 5.11 Å². The van der Waals surface area contributed by atoms with Crippen molar-refractivity contribution in [2.45, 2.75) is 33.3 Å². The van der Waals surface area contributed by atoms with Gasteiger partial charge < -0.3 is 5.11 Å². The maximum atomic E-state index is 13.3. The molecule has 0 atom stereocenters. The Morgan fingerprint density at radius 2 is 1.24 bits per heavy atom. The second-order valence-electron chi connectivity index (χ2n) is 5.84. The van der Waals surface area contributed by atoms with Crippen LogP contribution in [0.2, 0.25) is 0 Å². The molecule has 0 heterocycles. The van der Waals surface area contributed by atoms with E-state index in [1.165, 1.54) is 24.3 Å². The molecule has 0 saturated carbocycles. The van der Waals surface area contributed by atoms with E-state index in [-0.39, 0.29) is 17.6 Å². The lowest BCUT2D eigenvalue weighted by molar-refractivity contribution is 0.0304. The van der Waals surface area contributed by atoms with Crippen molar-refractivity contribution >= 4 is 0 Å². The number of aliphatic hydroxyl groups is 1. The van der Waals surface area contributed by atoms with Crippen LogP contribution >= 0.6 is 0 Å². The molecular formula is C18H20F2O. The summed E-state index contributed by atoms with van der Waals surface area (Å²) in [5.41, 5.74) is 1.36. The van der Waals surface area contributed by atoms with Crippen molar-refractivity contribution in [3.8, 4) is 0 Å². The Balaban J connectivity index is 2.71. The van der Waals surface area contributed by atoms with Crippen molar-refractivity contribution in [3.05, 3.63) is 70.3 Å². The van der Waals surface area contributed by atoms with Crippen LogP contribution in [0, 0.1) is 31.4 Å². The molecule has 0 fully saturated rings. The lowest BCUT2D eigenvalue weighted by atomic mass is 9.74. The number of halogens is 2. The Kier molecular flexibility index (Phi) is 4.15. The molecule has 2 rings (SSSR count). The maximum Gasteiger partial charge on any atom is 0.123 e. The molecular weight excluding hydrogens is 270 g/mol. The third-order valence-electron chi connectivity index (χ3n) is 4.03. The zero-order chi connectivity index (χ0) is 15.8. The highest BCUT2D eigenvalue weighted by molar-refractivity contribution is 5.44. The summed E-state index contributed by atoms with van der Waals surface area (Å²) in [6.07, 6.45) is 0. The van der Waals surface area contributed by atoms with Gasteiger partial charge in [-0.1, -0.05) is 26.0 Å². The highest BCUT2D eigenvalue weighted by Gasteiger charge is 2.37. The van der Waals surface area contributed by atoms with Gasteiger partial charge in [0.25, 0.3) is 0 Å². The van der Waals surface area contributed by atoms with E-state index in [2.05, 4.69) is 0 Å². The molecule has 1 N–H and O–H groups in total. The van der Waals surface area contributed by atoms with Crippen molar-refractivity contribution in [1.82, 2.24) is 0 Å². The Hall–Kier alpha value is -1.74. The summed E-state index contributed by atoms with van der Waals surface area (Å²) in [5, 5.41) is 11.3. The fourth-order valence-electron chi connectivity index (χ4n) is 2.88.